The first-order chi connectivity index (χ1) is 4.24. The van der Waals surface area contributed by atoms with Gasteiger partial charge in [0.25, 0.3) is 6.29 Å². The van der Waals surface area contributed by atoms with Gasteiger partial charge in [0.15, 0.2) is 0 Å². The first kappa shape index (κ1) is 6.01. The summed E-state index contributed by atoms with van der Waals surface area (Å²) in [7, 11) is 1.77. The fourth-order valence-electron chi connectivity index (χ4n) is 0.708. The van der Waals surface area contributed by atoms with Gasteiger partial charge in [0, 0.05) is 13.2 Å². The molecular weight excluding hydrogens is 116 g/mol. The molecular formula is C6H7N2O. The molecule has 0 atom stereocenters. The Bertz CT molecular complexity index is 227. The van der Waals surface area contributed by atoms with Gasteiger partial charge in [-0.1, -0.05) is 0 Å². The molecule has 0 amide bonds. The van der Waals surface area contributed by atoms with E-state index in [1.807, 2.05) is 6.92 Å². The number of hydrogen-bond acceptors (Lipinski definition) is 2. The topological polar surface area (TPSA) is 34.9 Å². The van der Waals surface area contributed by atoms with E-state index in [0.717, 1.165) is 5.56 Å². The molecule has 0 aliphatic carbocycles. The molecule has 0 bridgehead atoms. The van der Waals surface area contributed by atoms with Crippen LogP contribution in [-0.2, 0) is 11.8 Å². The van der Waals surface area contributed by atoms with Crippen molar-refractivity contribution in [2.24, 2.45) is 7.05 Å². The summed E-state index contributed by atoms with van der Waals surface area (Å²) in [6, 6.07) is 0. The molecule has 3 nitrogen and oxygen atoms in total. The molecule has 0 saturated heterocycles. The quantitative estimate of drug-likeness (QED) is 0.534. The van der Waals surface area contributed by atoms with E-state index < -0.39 is 0 Å². The lowest BCUT2D eigenvalue weighted by Gasteiger charge is -1.79. The van der Waals surface area contributed by atoms with Crippen LogP contribution in [0, 0.1) is 6.92 Å². The van der Waals surface area contributed by atoms with Crippen LogP contribution in [-0.4, -0.2) is 16.1 Å². The lowest BCUT2D eigenvalue weighted by molar-refractivity contribution is 0.560. The maximum absolute atomic E-state index is 10.0. The molecule has 1 aromatic rings. The van der Waals surface area contributed by atoms with Gasteiger partial charge in [-0.05, 0) is 12.5 Å². The highest BCUT2D eigenvalue weighted by molar-refractivity contribution is 5.74. The van der Waals surface area contributed by atoms with Gasteiger partial charge < -0.3 is 0 Å². The summed E-state index contributed by atoms with van der Waals surface area (Å²) in [6.45, 7) is 1.83. The Morgan fingerprint density at radius 1 is 1.78 bits per heavy atom. The highest BCUT2D eigenvalue weighted by Crippen LogP contribution is 1.98. The standard InChI is InChI=1S/C6H7N2O/c1-5-3-8(2)7-6(5)4-9/h3H,1-2H3. The van der Waals surface area contributed by atoms with E-state index in [2.05, 4.69) is 5.10 Å². The molecule has 0 saturated carbocycles. The number of nitrogens with zero attached hydrogens (tertiary/aromatic N) is 2. The first-order valence-electron chi connectivity index (χ1n) is 2.62. The van der Waals surface area contributed by atoms with E-state index in [1.54, 1.807) is 24.2 Å². The molecule has 1 heterocycles. The van der Waals surface area contributed by atoms with Gasteiger partial charge in [-0.2, -0.15) is 5.10 Å². The predicted molar refractivity (Wildman–Crippen MR) is 32.7 cm³/mol. The largest absolute Gasteiger partial charge is 0.283 e. The molecule has 9 heavy (non-hydrogen) atoms. The van der Waals surface area contributed by atoms with Crippen molar-refractivity contribution in [1.29, 1.82) is 0 Å². The summed E-state index contributed by atoms with van der Waals surface area (Å²) >= 11 is 0. The lowest BCUT2D eigenvalue weighted by Crippen LogP contribution is -1.89. The third kappa shape index (κ3) is 0.988. The van der Waals surface area contributed by atoms with Crippen LogP contribution in [0.5, 0.6) is 0 Å². The van der Waals surface area contributed by atoms with Crippen molar-refractivity contribution in [3.05, 3.63) is 17.5 Å². The fourth-order valence-corrected chi connectivity index (χ4v) is 0.708. The van der Waals surface area contributed by atoms with Crippen LogP contribution in [0.1, 0.15) is 11.3 Å². The molecule has 3 heteroatoms. The van der Waals surface area contributed by atoms with Crippen LogP contribution in [0.4, 0.5) is 0 Å². The summed E-state index contributed by atoms with van der Waals surface area (Å²) in [4.78, 5) is 10.0. The molecule has 0 aliphatic rings. The number of aromatic nitrogens is 2. The Morgan fingerprint density at radius 3 is 2.67 bits per heavy atom. The Labute approximate surface area is 53.3 Å². The number of hydrogen-bond donors (Lipinski definition) is 0. The van der Waals surface area contributed by atoms with Crippen molar-refractivity contribution < 1.29 is 4.79 Å². The Morgan fingerprint density at radius 2 is 2.44 bits per heavy atom. The fraction of sp³-hybridized carbons (Fsp3) is 0.333. The van der Waals surface area contributed by atoms with Crippen molar-refractivity contribution >= 4 is 6.29 Å². The molecule has 0 spiro atoms. The number of aryl methyl sites for hydroxylation is 2. The van der Waals surface area contributed by atoms with Crippen molar-refractivity contribution in [3.8, 4) is 0 Å². The maximum atomic E-state index is 10.0. The molecule has 1 rings (SSSR count). The van der Waals surface area contributed by atoms with Crippen LogP contribution >= 0.6 is 0 Å². The number of rotatable bonds is 1. The van der Waals surface area contributed by atoms with Crippen LogP contribution in [0.2, 0.25) is 0 Å². The molecule has 0 aromatic carbocycles. The summed E-state index contributed by atoms with van der Waals surface area (Å²) < 4.78 is 1.59. The van der Waals surface area contributed by atoms with Gasteiger partial charge in [-0.15, -0.1) is 0 Å². The van der Waals surface area contributed by atoms with Gasteiger partial charge >= 0.3 is 0 Å². The minimum absolute atomic E-state index is 0.400. The molecule has 0 fully saturated rings. The lowest BCUT2D eigenvalue weighted by atomic mass is 10.3. The van der Waals surface area contributed by atoms with E-state index in [4.69, 9.17) is 0 Å². The predicted octanol–water partition coefficient (Wildman–Crippen LogP) is 0.186. The molecule has 0 N–H and O–H groups in total. The SMILES string of the molecule is Cc1cn(C)nc1[C]=O. The first-order valence-corrected chi connectivity index (χ1v) is 2.62. The van der Waals surface area contributed by atoms with Gasteiger partial charge in [0.2, 0.25) is 0 Å². The van der Waals surface area contributed by atoms with Crippen LogP contribution < -0.4 is 0 Å². The van der Waals surface area contributed by atoms with E-state index in [0.29, 0.717) is 5.69 Å². The zero-order valence-electron chi connectivity index (χ0n) is 5.38. The van der Waals surface area contributed by atoms with Crippen LogP contribution in [0.15, 0.2) is 6.20 Å². The van der Waals surface area contributed by atoms with Gasteiger partial charge in [-0.3, -0.25) is 9.48 Å². The Kier molecular flexibility index (Phi) is 1.34. The second-order valence-electron chi connectivity index (χ2n) is 1.94. The average molecular weight is 123 g/mol. The van der Waals surface area contributed by atoms with E-state index >= 15 is 0 Å². The molecule has 1 aromatic heterocycles. The van der Waals surface area contributed by atoms with Crippen molar-refractivity contribution in [2.75, 3.05) is 0 Å². The zero-order valence-corrected chi connectivity index (χ0v) is 5.38. The van der Waals surface area contributed by atoms with E-state index in [1.165, 1.54) is 0 Å². The van der Waals surface area contributed by atoms with Crippen molar-refractivity contribution in [1.82, 2.24) is 9.78 Å². The highest BCUT2D eigenvalue weighted by Gasteiger charge is 1.99. The maximum Gasteiger partial charge on any atom is 0.255 e. The average Bonchev–Trinajstić information content (AvgIpc) is 2.10. The summed E-state index contributed by atoms with van der Waals surface area (Å²) in [5.74, 6) is 0. The van der Waals surface area contributed by atoms with Gasteiger partial charge in [-0.25, -0.2) is 0 Å². The van der Waals surface area contributed by atoms with E-state index in [-0.39, 0.29) is 0 Å². The molecule has 47 valence electrons. The molecule has 1 radical (unpaired) electrons. The number of carbonyl (C=O) groups excluding carboxylic acids is 1. The minimum Gasteiger partial charge on any atom is -0.283 e. The van der Waals surface area contributed by atoms with Crippen molar-refractivity contribution in [2.45, 2.75) is 6.92 Å². The summed E-state index contributed by atoms with van der Waals surface area (Å²) in [5.41, 5.74) is 1.27. The zero-order chi connectivity index (χ0) is 6.85. The van der Waals surface area contributed by atoms with Crippen LogP contribution in [0.25, 0.3) is 0 Å². The van der Waals surface area contributed by atoms with Gasteiger partial charge in [0.05, 0.1) is 0 Å². The van der Waals surface area contributed by atoms with Gasteiger partial charge in [0.1, 0.15) is 5.69 Å². The summed E-state index contributed by atoms with van der Waals surface area (Å²) in [6.07, 6.45) is 3.51. The smallest absolute Gasteiger partial charge is 0.255 e. The molecule has 0 unspecified atom stereocenters. The Hall–Kier alpha value is -1.12. The second kappa shape index (κ2) is 2.01. The second-order valence-corrected chi connectivity index (χ2v) is 1.94. The third-order valence-corrected chi connectivity index (χ3v) is 1.11. The van der Waals surface area contributed by atoms with Crippen molar-refractivity contribution in [3.63, 3.8) is 0 Å². The normalized spacial score (nSPS) is 9.56. The highest BCUT2D eigenvalue weighted by atomic mass is 16.1. The third-order valence-electron chi connectivity index (χ3n) is 1.11. The summed E-state index contributed by atoms with van der Waals surface area (Å²) in [5, 5.41) is 3.82. The Balaban J connectivity index is 3.15. The van der Waals surface area contributed by atoms with Crippen LogP contribution in [0.3, 0.4) is 0 Å². The monoisotopic (exact) mass is 123 g/mol. The molecule has 0 aliphatic heterocycles. The minimum atomic E-state index is 0.400. The van der Waals surface area contributed by atoms with E-state index in [9.17, 15) is 4.79 Å².